The first-order valence-electron chi connectivity index (χ1n) is 6.62. The maximum absolute atomic E-state index is 12.4. The Morgan fingerprint density at radius 1 is 1.32 bits per heavy atom. The highest BCUT2D eigenvalue weighted by Crippen LogP contribution is 2.18. The molecule has 1 aromatic carbocycles. The summed E-state index contributed by atoms with van der Waals surface area (Å²) >= 11 is 0. The first kappa shape index (κ1) is 13.7. The fraction of sp³-hybridized carbons (Fsp3) is 0.500. The summed E-state index contributed by atoms with van der Waals surface area (Å²) in [6.07, 6.45) is 3.45. The zero-order chi connectivity index (χ0) is 13.8. The molecule has 2 rings (SSSR count). The molecule has 1 fully saturated rings. The number of non-ortho nitro benzene ring substituents is 1. The molecule has 0 spiro atoms. The average Bonchev–Trinajstić information content (AvgIpc) is 2.46. The van der Waals surface area contributed by atoms with Crippen LogP contribution in [0, 0.1) is 10.1 Å². The predicted molar refractivity (Wildman–Crippen MR) is 72.3 cm³/mol. The van der Waals surface area contributed by atoms with Crippen molar-refractivity contribution < 1.29 is 9.72 Å². The van der Waals surface area contributed by atoms with Crippen LogP contribution >= 0.6 is 0 Å². The highest BCUT2D eigenvalue weighted by molar-refractivity contribution is 6.00. The normalized spacial score (nSPS) is 17.9. The molecule has 0 aromatic heterocycles. The molecule has 1 aliphatic rings. The molecule has 0 bridgehead atoms. The smallest absolute Gasteiger partial charge is 0.270 e. The average molecular weight is 262 g/mol. The molecule has 5 heteroatoms. The summed E-state index contributed by atoms with van der Waals surface area (Å²) in [6.45, 7) is 3.75. The SMILES string of the molecule is CC(C(=O)c1cccc([N+](=O)[O-])c1)N1CCCCC1. The third-order valence-electron chi connectivity index (χ3n) is 3.66. The van der Waals surface area contributed by atoms with E-state index in [1.807, 2.05) is 6.92 Å². The molecular formula is C14H18N2O3. The van der Waals surface area contributed by atoms with Crippen LogP contribution in [0.5, 0.6) is 0 Å². The van der Waals surface area contributed by atoms with Crippen molar-refractivity contribution in [3.05, 3.63) is 39.9 Å². The largest absolute Gasteiger partial charge is 0.294 e. The van der Waals surface area contributed by atoms with E-state index >= 15 is 0 Å². The van der Waals surface area contributed by atoms with Gasteiger partial charge in [0.1, 0.15) is 0 Å². The number of carbonyl (C=O) groups excluding carboxylic acids is 1. The quantitative estimate of drug-likeness (QED) is 0.475. The predicted octanol–water partition coefficient (Wildman–Crippen LogP) is 2.65. The second-order valence-electron chi connectivity index (χ2n) is 4.94. The highest BCUT2D eigenvalue weighted by Gasteiger charge is 2.24. The van der Waals surface area contributed by atoms with E-state index in [0.29, 0.717) is 5.56 Å². The fourth-order valence-corrected chi connectivity index (χ4v) is 2.49. The molecule has 0 amide bonds. The molecule has 1 aliphatic heterocycles. The van der Waals surface area contributed by atoms with E-state index in [1.54, 1.807) is 12.1 Å². The van der Waals surface area contributed by atoms with Gasteiger partial charge < -0.3 is 0 Å². The minimum absolute atomic E-state index is 0.0308. The summed E-state index contributed by atoms with van der Waals surface area (Å²) in [7, 11) is 0. The first-order chi connectivity index (χ1) is 9.09. The number of Topliss-reactive ketones (excluding diaryl/α,β-unsaturated/α-hetero) is 1. The van der Waals surface area contributed by atoms with Crippen LogP contribution in [0.15, 0.2) is 24.3 Å². The monoisotopic (exact) mass is 262 g/mol. The number of nitrogens with zero attached hydrogens (tertiary/aromatic N) is 2. The second kappa shape index (κ2) is 5.93. The van der Waals surface area contributed by atoms with Gasteiger partial charge in [-0.15, -0.1) is 0 Å². The first-order valence-corrected chi connectivity index (χ1v) is 6.62. The number of hydrogen-bond acceptors (Lipinski definition) is 4. The molecule has 0 radical (unpaired) electrons. The summed E-state index contributed by atoms with van der Waals surface area (Å²) in [5.74, 6) is -0.0365. The minimum Gasteiger partial charge on any atom is -0.294 e. The zero-order valence-electron chi connectivity index (χ0n) is 11.0. The van der Waals surface area contributed by atoms with Crippen molar-refractivity contribution in [2.75, 3.05) is 13.1 Å². The molecule has 0 N–H and O–H groups in total. The number of carbonyl (C=O) groups is 1. The molecule has 102 valence electrons. The van der Waals surface area contributed by atoms with Gasteiger partial charge >= 0.3 is 0 Å². The van der Waals surface area contributed by atoms with Gasteiger partial charge in [0.2, 0.25) is 0 Å². The molecule has 0 saturated carbocycles. The highest BCUT2D eigenvalue weighted by atomic mass is 16.6. The number of rotatable bonds is 4. The molecule has 1 saturated heterocycles. The van der Waals surface area contributed by atoms with Crippen LogP contribution in [-0.2, 0) is 0 Å². The Labute approximate surface area is 112 Å². The molecule has 1 unspecified atom stereocenters. The molecule has 19 heavy (non-hydrogen) atoms. The maximum atomic E-state index is 12.4. The number of nitro benzene ring substituents is 1. The molecule has 1 aromatic rings. The number of hydrogen-bond donors (Lipinski definition) is 0. The van der Waals surface area contributed by atoms with E-state index in [4.69, 9.17) is 0 Å². The summed E-state index contributed by atoms with van der Waals surface area (Å²) in [5, 5.41) is 10.7. The van der Waals surface area contributed by atoms with E-state index in [0.717, 1.165) is 25.9 Å². The zero-order valence-corrected chi connectivity index (χ0v) is 11.0. The second-order valence-corrected chi connectivity index (χ2v) is 4.94. The van der Waals surface area contributed by atoms with Gasteiger partial charge in [-0.2, -0.15) is 0 Å². The lowest BCUT2D eigenvalue weighted by atomic mass is 10.0. The minimum atomic E-state index is -0.470. The van der Waals surface area contributed by atoms with E-state index in [9.17, 15) is 14.9 Å². The maximum Gasteiger partial charge on any atom is 0.270 e. The van der Waals surface area contributed by atoms with Crippen molar-refractivity contribution in [1.82, 2.24) is 4.90 Å². The Morgan fingerprint density at radius 2 is 2.00 bits per heavy atom. The van der Waals surface area contributed by atoms with Gasteiger partial charge in [-0.1, -0.05) is 18.6 Å². The van der Waals surface area contributed by atoms with Crippen molar-refractivity contribution in [1.29, 1.82) is 0 Å². The topological polar surface area (TPSA) is 63.4 Å². The van der Waals surface area contributed by atoms with Crippen molar-refractivity contribution in [3.8, 4) is 0 Å². The van der Waals surface area contributed by atoms with Gasteiger partial charge in [0.15, 0.2) is 5.78 Å². The summed E-state index contributed by atoms with van der Waals surface area (Å²) in [4.78, 5) is 24.8. The number of ketones is 1. The van der Waals surface area contributed by atoms with Crippen LogP contribution in [-0.4, -0.2) is 34.7 Å². The molecule has 1 atom stereocenters. The number of piperidine rings is 1. The molecule has 1 heterocycles. The van der Waals surface area contributed by atoms with Gasteiger partial charge in [0.05, 0.1) is 11.0 Å². The van der Waals surface area contributed by atoms with Crippen LogP contribution in [0.4, 0.5) is 5.69 Å². The van der Waals surface area contributed by atoms with Crippen molar-refractivity contribution in [2.24, 2.45) is 0 Å². The number of likely N-dealkylation sites (tertiary alicyclic amines) is 1. The number of nitro groups is 1. The van der Waals surface area contributed by atoms with Gasteiger partial charge in [-0.05, 0) is 32.9 Å². The van der Waals surface area contributed by atoms with E-state index < -0.39 is 4.92 Å². The van der Waals surface area contributed by atoms with Crippen LogP contribution in [0.25, 0.3) is 0 Å². The van der Waals surface area contributed by atoms with Gasteiger partial charge in [0.25, 0.3) is 5.69 Å². The lowest BCUT2D eigenvalue weighted by molar-refractivity contribution is -0.384. The van der Waals surface area contributed by atoms with Gasteiger partial charge in [-0.25, -0.2) is 0 Å². The van der Waals surface area contributed by atoms with Crippen LogP contribution < -0.4 is 0 Å². The Balaban J connectivity index is 2.14. The Hall–Kier alpha value is -1.75. The molecule has 0 aliphatic carbocycles. The Kier molecular flexibility index (Phi) is 4.27. The van der Waals surface area contributed by atoms with Crippen molar-refractivity contribution in [3.63, 3.8) is 0 Å². The third-order valence-corrected chi connectivity index (χ3v) is 3.66. The van der Waals surface area contributed by atoms with Gasteiger partial charge in [0, 0.05) is 17.7 Å². The van der Waals surface area contributed by atoms with Gasteiger partial charge in [-0.3, -0.25) is 19.8 Å². The van der Waals surface area contributed by atoms with Crippen molar-refractivity contribution in [2.45, 2.75) is 32.2 Å². The lowest BCUT2D eigenvalue weighted by Crippen LogP contribution is -2.42. The van der Waals surface area contributed by atoms with Crippen LogP contribution in [0.1, 0.15) is 36.5 Å². The Morgan fingerprint density at radius 3 is 2.63 bits per heavy atom. The summed E-state index contributed by atoms with van der Waals surface area (Å²) in [5.41, 5.74) is 0.393. The summed E-state index contributed by atoms with van der Waals surface area (Å²) < 4.78 is 0. The Bertz CT molecular complexity index is 481. The third kappa shape index (κ3) is 3.17. The molecular weight excluding hydrogens is 244 g/mol. The molecule has 5 nitrogen and oxygen atoms in total. The standard InChI is InChI=1S/C14H18N2O3/c1-11(15-8-3-2-4-9-15)14(17)12-6-5-7-13(10-12)16(18)19/h5-7,10-11H,2-4,8-9H2,1H3. The van der Waals surface area contributed by atoms with Crippen LogP contribution in [0.3, 0.4) is 0 Å². The summed E-state index contributed by atoms with van der Waals surface area (Å²) in [6, 6.07) is 5.78. The van der Waals surface area contributed by atoms with E-state index in [2.05, 4.69) is 4.90 Å². The van der Waals surface area contributed by atoms with Crippen LogP contribution in [0.2, 0.25) is 0 Å². The fourth-order valence-electron chi connectivity index (χ4n) is 2.49. The van der Waals surface area contributed by atoms with Crippen molar-refractivity contribution >= 4 is 11.5 Å². The number of benzene rings is 1. The lowest BCUT2D eigenvalue weighted by Gasteiger charge is -2.31. The van der Waals surface area contributed by atoms with E-state index in [-0.39, 0.29) is 17.5 Å². The van der Waals surface area contributed by atoms with E-state index in [1.165, 1.54) is 18.6 Å².